The van der Waals surface area contributed by atoms with Gasteiger partial charge in [0, 0.05) is 47.6 Å². The topological polar surface area (TPSA) is 68.2 Å². The highest BCUT2D eigenvalue weighted by Gasteiger charge is 2.23. The fourth-order valence-corrected chi connectivity index (χ4v) is 3.66. The second-order valence-electron chi connectivity index (χ2n) is 7.43. The number of piperidine rings is 1. The van der Waals surface area contributed by atoms with E-state index in [-0.39, 0.29) is 5.92 Å². The van der Waals surface area contributed by atoms with Crippen molar-refractivity contribution in [1.29, 1.82) is 0 Å². The molecule has 0 spiro atoms. The number of fused-ring (bicyclic) bond motifs is 1. The van der Waals surface area contributed by atoms with Crippen molar-refractivity contribution in [3.63, 3.8) is 0 Å². The van der Waals surface area contributed by atoms with E-state index in [1.54, 1.807) is 31.9 Å². The molecule has 0 bridgehead atoms. The average molecular weight is 376 g/mol. The van der Waals surface area contributed by atoms with E-state index in [1.807, 2.05) is 18.2 Å². The summed E-state index contributed by atoms with van der Waals surface area (Å²) in [7, 11) is 3.73. The maximum atomic E-state index is 12.7. The van der Waals surface area contributed by atoms with Crippen LogP contribution in [0.1, 0.15) is 18.5 Å². The monoisotopic (exact) mass is 376 g/mol. The van der Waals surface area contributed by atoms with Crippen LogP contribution >= 0.6 is 0 Å². The van der Waals surface area contributed by atoms with E-state index >= 15 is 0 Å². The Kier molecular flexibility index (Phi) is 5.30. The van der Waals surface area contributed by atoms with Gasteiger partial charge < -0.3 is 9.64 Å². The predicted octanol–water partition coefficient (Wildman–Crippen LogP) is 3.15. The highest BCUT2D eigenvalue weighted by molar-refractivity contribution is 5.87. The van der Waals surface area contributed by atoms with Crippen molar-refractivity contribution in [2.45, 2.75) is 19.3 Å². The van der Waals surface area contributed by atoms with E-state index in [0.29, 0.717) is 18.0 Å². The predicted molar refractivity (Wildman–Crippen MR) is 108 cm³/mol. The quantitative estimate of drug-likeness (QED) is 0.681. The molecule has 4 rings (SSSR count). The zero-order valence-corrected chi connectivity index (χ0v) is 16.3. The van der Waals surface area contributed by atoms with Gasteiger partial charge in [0.25, 0.3) is 0 Å². The number of carbonyl (C=O) groups is 1. The Balaban J connectivity index is 1.56. The van der Waals surface area contributed by atoms with E-state index < -0.39 is 0 Å². The second kappa shape index (κ2) is 8.02. The first kappa shape index (κ1) is 18.5. The molecule has 6 heteroatoms. The number of pyridine rings is 3. The van der Waals surface area contributed by atoms with Gasteiger partial charge in [0.15, 0.2) is 0 Å². The van der Waals surface area contributed by atoms with Gasteiger partial charge in [0.2, 0.25) is 0 Å². The number of likely N-dealkylation sites (tertiary alicyclic amines) is 1. The summed E-state index contributed by atoms with van der Waals surface area (Å²) in [4.78, 5) is 28.2. The molecule has 1 aliphatic rings. The van der Waals surface area contributed by atoms with Crippen LogP contribution in [-0.4, -0.2) is 52.9 Å². The van der Waals surface area contributed by atoms with Crippen LogP contribution in [0.2, 0.25) is 0 Å². The maximum absolute atomic E-state index is 12.7. The van der Waals surface area contributed by atoms with Crippen LogP contribution < -0.4 is 4.74 Å². The summed E-state index contributed by atoms with van der Waals surface area (Å²) in [5.41, 5.74) is 2.53. The Morgan fingerprint density at radius 1 is 1.07 bits per heavy atom. The Morgan fingerprint density at radius 3 is 2.64 bits per heavy atom. The molecule has 0 aromatic carbocycles. The third-order valence-corrected chi connectivity index (χ3v) is 5.43. The van der Waals surface area contributed by atoms with Gasteiger partial charge in [-0.05, 0) is 56.6 Å². The lowest BCUT2D eigenvalue weighted by Crippen LogP contribution is -2.34. The van der Waals surface area contributed by atoms with Gasteiger partial charge in [0.05, 0.1) is 19.0 Å². The van der Waals surface area contributed by atoms with Crippen LogP contribution in [0.4, 0.5) is 0 Å². The number of nitrogens with zero attached hydrogens (tertiary/aromatic N) is 4. The van der Waals surface area contributed by atoms with Crippen LogP contribution in [0, 0.1) is 5.92 Å². The van der Waals surface area contributed by atoms with Crippen molar-refractivity contribution in [1.82, 2.24) is 19.9 Å². The largest absolute Gasteiger partial charge is 0.495 e. The fraction of sp³-hybridized carbons (Fsp3) is 0.364. The molecular weight excluding hydrogens is 352 g/mol. The molecular formula is C22H24N4O2. The van der Waals surface area contributed by atoms with Gasteiger partial charge in [-0.15, -0.1) is 0 Å². The molecule has 144 valence electrons. The van der Waals surface area contributed by atoms with Crippen molar-refractivity contribution in [3.05, 3.63) is 48.7 Å². The number of ketones is 1. The molecule has 0 amide bonds. The average Bonchev–Trinajstić information content (AvgIpc) is 2.73. The van der Waals surface area contributed by atoms with Crippen LogP contribution in [0.3, 0.4) is 0 Å². The molecule has 0 radical (unpaired) electrons. The van der Waals surface area contributed by atoms with Crippen LogP contribution in [0.5, 0.6) is 5.75 Å². The molecule has 0 atom stereocenters. The standard InChI is InChI=1S/C22H24N4O2/c1-26-5-3-15(4-6-26)22(27)10-19-7-16-9-21(25-13-18(16)12-24-19)17-8-20(28-2)14-23-11-17/h7-9,11-15H,3-6,10H2,1-2H3. The van der Waals surface area contributed by atoms with E-state index in [2.05, 4.69) is 26.9 Å². The molecule has 0 N–H and O–H groups in total. The Bertz CT molecular complexity index is 997. The first-order valence-corrected chi connectivity index (χ1v) is 9.58. The van der Waals surface area contributed by atoms with E-state index in [0.717, 1.165) is 53.7 Å². The minimum atomic E-state index is 0.157. The summed E-state index contributed by atoms with van der Waals surface area (Å²) in [5.74, 6) is 1.15. The highest BCUT2D eigenvalue weighted by Crippen LogP contribution is 2.25. The first-order chi connectivity index (χ1) is 13.6. The van der Waals surface area contributed by atoms with Crippen molar-refractivity contribution in [3.8, 4) is 17.0 Å². The van der Waals surface area contributed by atoms with Crippen molar-refractivity contribution >= 4 is 16.6 Å². The third-order valence-electron chi connectivity index (χ3n) is 5.43. The van der Waals surface area contributed by atoms with E-state index in [9.17, 15) is 4.79 Å². The van der Waals surface area contributed by atoms with Gasteiger partial charge in [-0.1, -0.05) is 0 Å². The van der Waals surface area contributed by atoms with Crippen molar-refractivity contribution in [2.24, 2.45) is 5.92 Å². The molecule has 1 saturated heterocycles. The fourth-order valence-electron chi connectivity index (χ4n) is 3.66. The number of hydrogen-bond donors (Lipinski definition) is 0. The molecule has 3 aromatic rings. The molecule has 0 saturated carbocycles. The van der Waals surface area contributed by atoms with Gasteiger partial charge in [-0.25, -0.2) is 0 Å². The molecule has 0 unspecified atom stereocenters. The van der Waals surface area contributed by atoms with Gasteiger partial charge >= 0.3 is 0 Å². The van der Waals surface area contributed by atoms with Gasteiger partial charge in [-0.2, -0.15) is 0 Å². The van der Waals surface area contributed by atoms with Gasteiger partial charge in [0.1, 0.15) is 11.5 Å². The Labute approximate surface area is 164 Å². The Hall–Kier alpha value is -2.86. The molecule has 1 fully saturated rings. The SMILES string of the molecule is COc1cncc(-c2cc3cc(CC(=O)C4CCN(C)CC4)ncc3cn2)c1. The van der Waals surface area contributed by atoms with Crippen molar-refractivity contribution in [2.75, 3.05) is 27.2 Å². The summed E-state index contributed by atoms with van der Waals surface area (Å²) in [6.07, 6.45) is 9.32. The molecule has 0 aliphatic carbocycles. The summed E-state index contributed by atoms with van der Waals surface area (Å²) in [5, 5.41) is 1.98. The molecule has 6 nitrogen and oxygen atoms in total. The Morgan fingerprint density at radius 2 is 1.86 bits per heavy atom. The van der Waals surface area contributed by atoms with Crippen LogP contribution in [-0.2, 0) is 11.2 Å². The lowest BCUT2D eigenvalue weighted by Gasteiger charge is -2.27. The minimum Gasteiger partial charge on any atom is -0.495 e. The minimum absolute atomic E-state index is 0.157. The molecule has 1 aliphatic heterocycles. The van der Waals surface area contributed by atoms with Gasteiger partial charge in [-0.3, -0.25) is 19.7 Å². The number of rotatable bonds is 5. The summed E-state index contributed by atoms with van der Waals surface area (Å²) >= 11 is 0. The number of methoxy groups -OCH3 is 1. The normalized spacial score (nSPS) is 15.6. The number of ether oxygens (including phenoxy) is 1. The number of hydrogen-bond acceptors (Lipinski definition) is 6. The smallest absolute Gasteiger partial charge is 0.142 e. The second-order valence-corrected chi connectivity index (χ2v) is 7.43. The van der Waals surface area contributed by atoms with E-state index in [1.165, 1.54) is 0 Å². The maximum Gasteiger partial charge on any atom is 0.142 e. The number of aromatic nitrogens is 3. The summed E-state index contributed by atoms with van der Waals surface area (Å²) < 4.78 is 5.25. The first-order valence-electron chi connectivity index (χ1n) is 9.58. The zero-order valence-electron chi connectivity index (χ0n) is 16.3. The van der Waals surface area contributed by atoms with Crippen molar-refractivity contribution < 1.29 is 9.53 Å². The van der Waals surface area contributed by atoms with Crippen LogP contribution in [0.15, 0.2) is 43.0 Å². The molecule has 28 heavy (non-hydrogen) atoms. The third kappa shape index (κ3) is 4.02. The lowest BCUT2D eigenvalue weighted by atomic mass is 9.90. The number of carbonyl (C=O) groups excluding carboxylic acids is 1. The zero-order chi connectivity index (χ0) is 19.5. The molecule has 3 aromatic heterocycles. The molecule has 4 heterocycles. The number of Topliss-reactive ketones (excluding diaryl/α,β-unsaturated/α-hetero) is 1. The highest BCUT2D eigenvalue weighted by atomic mass is 16.5. The van der Waals surface area contributed by atoms with Crippen LogP contribution in [0.25, 0.3) is 22.0 Å². The summed E-state index contributed by atoms with van der Waals surface area (Å²) in [6.45, 7) is 1.98. The lowest BCUT2D eigenvalue weighted by molar-refractivity contribution is -0.123. The summed E-state index contributed by atoms with van der Waals surface area (Å²) in [6, 6.07) is 5.92. The van der Waals surface area contributed by atoms with E-state index in [4.69, 9.17) is 4.74 Å².